The number of allylic oxidation sites excluding steroid dienone is 2. The van der Waals surface area contributed by atoms with Gasteiger partial charge in [-0.25, -0.2) is 4.79 Å². The summed E-state index contributed by atoms with van der Waals surface area (Å²) >= 11 is 0. The van der Waals surface area contributed by atoms with E-state index in [1.54, 1.807) is 12.1 Å². The van der Waals surface area contributed by atoms with Crippen LogP contribution >= 0.6 is 0 Å². The highest BCUT2D eigenvalue weighted by Gasteiger charge is 2.00. The van der Waals surface area contributed by atoms with Gasteiger partial charge in [-0.3, -0.25) is 0 Å². The topological polar surface area (TPSA) is 26.3 Å². The van der Waals surface area contributed by atoms with Gasteiger partial charge in [-0.15, -0.1) is 0 Å². The Morgan fingerprint density at radius 3 is 2.07 bits per heavy atom. The molecular formula is C25H20O2. The number of carbonyl (C=O) groups is 1. The van der Waals surface area contributed by atoms with Gasteiger partial charge in [-0.2, -0.15) is 0 Å². The summed E-state index contributed by atoms with van der Waals surface area (Å²) in [5.74, 6) is 0.0259. The lowest BCUT2D eigenvalue weighted by molar-refractivity contribution is -0.128. The smallest absolute Gasteiger partial charge is 0.335 e. The number of hydrogen-bond acceptors (Lipinski definition) is 2. The first-order valence-corrected chi connectivity index (χ1v) is 8.63. The third kappa shape index (κ3) is 4.93. The van der Waals surface area contributed by atoms with Crippen LogP contribution in [-0.2, 0) is 4.79 Å². The summed E-state index contributed by atoms with van der Waals surface area (Å²) in [6.45, 7) is 7.52. The number of hydrogen-bond donors (Lipinski definition) is 0. The maximum absolute atomic E-state index is 11.2. The molecule has 0 saturated heterocycles. The van der Waals surface area contributed by atoms with Gasteiger partial charge in [0.2, 0.25) is 0 Å². The quantitative estimate of drug-likeness (QED) is 0.229. The Balaban J connectivity index is 1.66. The molecule has 132 valence electrons. The van der Waals surface area contributed by atoms with Crippen molar-refractivity contribution in [3.05, 3.63) is 115 Å². The predicted molar refractivity (Wildman–Crippen MR) is 112 cm³/mol. The van der Waals surface area contributed by atoms with Gasteiger partial charge in [-0.05, 0) is 40.0 Å². The van der Waals surface area contributed by atoms with Crippen LogP contribution in [0.25, 0.3) is 22.8 Å². The zero-order valence-electron chi connectivity index (χ0n) is 15.0. The molecular weight excluding hydrogens is 332 g/mol. The summed E-state index contributed by atoms with van der Waals surface area (Å²) in [6.07, 6.45) is 5.09. The second-order valence-electron chi connectivity index (χ2n) is 6.00. The Labute approximate surface area is 159 Å². The molecule has 0 bridgehead atoms. The summed E-state index contributed by atoms with van der Waals surface area (Å²) in [5, 5.41) is 0. The summed E-state index contributed by atoms with van der Waals surface area (Å²) in [6, 6.07) is 25.9. The number of ether oxygens (including phenoxy) is 1. The Morgan fingerprint density at radius 1 is 0.815 bits per heavy atom. The van der Waals surface area contributed by atoms with Crippen LogP contribution in [0.1, 0.15) is 11.1 Å². The van der Waals surface area contributed by atoms with E-state index in [1.807, 2.05) is 42.5 Å². The van der Waals surface area contributed by atoms with E-state index in [2.05, 4.69) is 49.6 Å². The number of rotatable bonds is 6. The molecule has 0 spiro atoms. The fourth-order valence-electron chi connectivity index (χ4n) is 2.61. The Bertz CT molecular complexity index is 963. The van der Waals surface area contributed by atoms with Crippen LogP contribution in [0.4, 0.5) is 0 Å². The van der Waals surface area contributed by atoms with Crippen LogP contribution in [0, 0.1) is 0 Å². The second kappa shape index (κ2) is 8.63. The van der Waals surface area contributed by atoms with Crippen molar-refractivity contribution in [1.29, 1.82) is 0 Å². The fourth-order valence-corrected chi connectivity index (χ4v) is 2.61. The van der Waals surface area contributed by atoms with Crippen molar-refractivity contribution in [3.63, 3.8) is 0 Å². The van der Waals surface area contributed by atoms with E-state index in [4.69, 9.17) is 4.74 Å². The number of benzene rings is 3. The summed E-state index contributed by atoms with van der Waals surface area (Å²) in [5.41, 5.74) is 5.37. The molecule has 0 aromatic heterocycles. The molecule has 3 aromatic carbocycles. The molecule has 0 N–H and O–H groups in total. The molecule has 0 aliphatic heterocycles. The Morgan fingerprint density at radius 2 is 1.44 bits per heavy atom. The zero-order valence-corrected chi connectivity index (χ0v) is 15.0. The van der Waals surface area contributed by atoms with Gasteiger partial charge in [0.1, 0.15) is 5.75 Å². The van der Waals surface area contributed by atoms with Crippen molar-refractivity contribution in [1.82, 2.24) is 0 Å². The van der Waals surface area contributed by atoms with Crippen molar-refractivity contribution < 1.29 is 9.53 Å². The molecule has 3 rings (SSSR count). The SMILES string of the molecule is C=CC(=O)Oc1ccc(/C=C/C(=C)c2ccc(-c3ccccc3)cc2)cc1. The highest BCUT2D eigenvalue weighted by molar-refractivity contribution is 5.83. The van der Waals surface area contributed by atoms with E-state index in [0.29, 0.717) is 5.75 Å². The van der Waals surface area contributed by atoms with Crippen LogP contribution < -0.4 is 4.74 Å². The molecule has 0 heterocycles. The zero-order chi connectivity index (χ0) is 19.1. The molecule has 0 saturated carbocycles. The van der Waals surface area contributed by atoms with Crippen LogP contribution in [0.3, 0.4) is 0 Å². The molecule has 0 fully saturated rings. The van der Waals surface area contributed by atoms with E-state index >= 15 is 0 Å². The van der Waals surface area contributed by atoms with Crippen LogP contribution in [0.15, 0.2) is 104 Å². The van der Waals surface area contributed by atoms with Gasteiger partial charge in [0.25, 0.3) is 0 Å². The van der Waals surface area contributed by atoms with Gasteiger partial charge in [-0.1, -0.05) is 92.0 Å². The standard InChI is InChI=1S/C25H20O2/c1-3-25(26)27-24-17-11-20(12-18-24)10-9-19(2)21-13-15-23(16-14-21)22-7-5-4-6-8-22/h3-18H,1-2H2/b10-9+. The molecule has 2 nitrogen and oxygen atoms in total. The van der Waals surface area contributed by atoms with Gasteiger partial charge in [0, 0.05) is 6.08 Å². The molecule has 2 heteroatoms. The van der Waals surface area contributed by atoms with Crippen molar-refractivity contribution in [2.75, 3.05) is 0 Å². The lowest BCUT2D eigenvalue weighted by Crippen LogP contribution is -2.02. The Kier molecular flexibility index (Phi) is 5.80. The van der Waals surface area contributed by atoms with Gasteiger partial charge in [0.15, 0.2) is 0 Å². The lowest BCUT2D eigenvalue weighted by Gasteiger charge is -2.05. The van der Waals surface area contributed by atoms with E-state index in [9.17, 15) is 4.79 Å². The van der Waals surface area contributed by atoms with Gasteiger partial charge < -0.3 is 4.74 Å². The first-order chi connectivity index (χ1) is 13.2. The largest absolute Gasteiger partial charge is 0.423 e. The molecule has 0 radical (unpaired) electrons. The second-order valence-corrected chi connectivity index (χ2v) is 6.00. The minimum absolute atomic E-state index is 0.467. The summed E-state index contributed by atoms with van der Waals surface area (Å²) in [7, 11) is 0. The third-order valence-electron chi connectivity index (χ3n) is 4.10. The normalized spacial score (nSPS) is 10.5. The van der Waals surface area contributed by atoms with E-state index in [0.717, 1.165) is 22.8 Å². The number of carbonyl (C=O) groups excluding carboxylic acids is 1. The molecule has 0 atom stereocenters. The van der Waals surface area contributed by atoms with Gasteiger partial charge >= 0.3 is 5.97 Å². The van der Waals surface area contributed by atoms with Crippen molar-refractivity contribution >= 4 is 17.6 Å². The van der Waals surface area contributed by atoms with Crippen LogP contribution in [0.2, 0.25) is 0 Å². The molecule has 0 aliphatic carbocycles. The van der Waals surface area contributed by atoms with E-state index < -0.39 is 5.97 Å². The number of esters is 1. The highest BCUT2D eigenvalue weighted by atomic mass is 16.5. The molecule has 3 aromatic rings. The fraction of sp³-hybridized carbons (Fsp3) is 0. The minimum atomic E-state index is -0.467. The molecule has 0 amide bonds. The molecule has 0 aliphatic rings. The van der Waals surface area contributed by atoms with Crippen molar-refractivity contribution in [3.8, 4) is 16.9 Å². The summed E-state index contributed by atoms with van der Waals surface area (Å²) < 4.78 is 5.06. The van der Waals surface area contributed by atoms with E-state index in [-0.39, 0.29) is 0 Å². The van der Waals surface area contributed by atoms with Crippen LogP contribution in [0.5, 0.6) is 5.75 Å². The Hall–Kier alpha value is -3.65. The lowest BCUT2D eigenvalue weighted by atomic mass is 10.0. The third-order valence-corrected chi connectivity index (χ3v) is 4.10. The van der Waals surface area contributed by atoms with Crippen LogP contribution in [-0.4, -0.2) is 5.97 Å². The maximum atomic E-state index is 11.2. The molecule has 27 heavy (non-hydrogen) atoms. The monoisotopic (exact) mass is 352 g/mol. The minimum Gasteiger partial charge on any atom is -0.423 e. The average Bonchev–Trinajstić information content (AvgIpc) is 2.73. The first-order valence-electron chi connectivity index (χ1n) is 8.63. The van der Waals surface area contributed by atoms with E-state index in [1.165, 1.54) is 11.1 Å². The van der Waals surface area contributed by atoms with Gasteiger partial charge in [0.05, 0.1) is 0 Å². The predicted octanol–water partition coefficient (Wildman–Crippen LogP) is 6.17. The highest BCUT2D eigenvalue weighted by Crippen LogP contribution is 2.23. The van der Waals surface area contributed by atoms with Crippen molar-refractivity contribution in [2.45, 2.75) is 0 Å². The summed E-state index contributed by atoms with van der Waals surface area (Å²) in [4.78, 5) is 11.2. The maximum Gasteiger partial charge on any atom is 0.335 e. The molecule has 0 unspecified atom stereocenters. The van der Waals surface area contributed by atoms with Crippen molar-refractivity contribution in [2.24, 2.45) is 0 Å². The average molecular weight is 352 g/mol. The first kappa shape index (κ1) is 18.2.